The molecule has 8 nitrogen and oxygen atoms in total. The second-order valence-corrected chi connectivity index (χ2v) is 8.96. The Morgan fingerprint density at radius 1 is 0.909 bits per heavy atom. The Labute approximate surface area is 191 Å². The van der Waals surface area contributed by atoms with E-state index in [0.717, 1.165) is 0 Å². The summed E-state index contributed by atoms with van der Waals surface area (Å²) in [5, 5.41) is 0. The van der Waals surface area contributed by atoms with Crippen LogP contribution in [0.3, 0.4) is 0 Å². The van der Waals surface area contributed by atoms with Crippen molar-refractivity contribution >= 4 is 27.5 Å². The number of ether oxygens (including phenoxy) is 3. The molecule has 9 heteroatoms. The average Bonchev–Trinajstić information content (AvgIpc) is 3.31. The number of hydrogen-bond donors (Lipinski definition) is 0. The van der Waals surface area contributed by atoms with Crippen LogP contribution in [-0.2, 0) is 14.8 Å². The molecule has 0 bridgehead atoms. The summed E-state index contributed by atoms with van der Waals surface area (Å²) in [4.78, 5) is 24.8. The molecular weight excluding hydrogens is 446 g/mol. The molecule has 0 spiro atoms. The molecule has 0 amide bonds. The first-order chi connectivity index (χ1) is 15.9. The summed E-state index contributed by atoms with van der Waals surface area (Å²) in [6, 6.07) is 18.9. The van der Waals surface area contributed by atoms with E-state index in [0.29, 0.717) is 22.7 Å². The van der Waals surface area contributed by atoms with Gasteiger partial charge in [-0.3, -0.25) is 9.10 Å². The van der Waals surface area contributed by atoms with Gasteiger partial charge in [-0.15, -0.1) is 0 Å². The van der Waals surface area contributed by atoms with E-state index < -0.39 is 28.4 Å². The highest BCUT2D eigenvalue weighted by Crippen LogP contribution is 2.32. The normalized spacial score (nSPS) is 12.3. The third-order valence-electron chi connectivity index (χ3n) is 5.04. The van der Waals surface area contributed by atoms with Gasteiger partial charge in [-0.25, -0.2) is 13.2 Å². The molecule has 1 aliphatic rings. The maximum atomic E-state index is 13.0. The third kappa shape index (κ3) is 4.68. The Balaban J connectivity index is 1.42. The van der Waals surface area contributed by atoms with Gasteiger partial charge in [-0.1, -0.05) is 18.2 Å². The summed E-state index contributed by atoms with van der Waals surface area (Å²) in [6.45, 7) is 1.62. The molecule has 3 aromatic carbocycles. The molecule has 0 saturated heterocycles. The van der Waals surface area contributed by atoms with E-state index in [-0.39, 0.29) is 23.8 Å². The van der Waals surface area contributed by atoms with E-state index in [2.05, 4.69) is 0 Å². The number of sulfonamides is 1. The highest BCUT2D eigenvalue weighted by Gasteiger charge is 2.24. The van der Waals surface area contributed by atoms with E-state index in [1.165, 1.54) is 34.6 Å². The highest BCUT2D eigenvalue weighted by molar-refractivity contribution is 7.92. The molecule has 0 N–H and O–H groups in total. The van der Waals surface area contributed by atoms with Gasteiger partial charge in [0.25, 0.3) is 10.0 Å². The Morgan fingerprint density at radius 3 is 2.27 bits per heavy atom. The first kappa shape index (κ1) is 22.3. The minimum absolute atomic E-state index is 0.0428. The first-order valence-corrected chi connectivity index (χ1v) is 11.6. The van der Waals surface area contributed by atoms with Crippen LogP contribution in [0.4, 0.5) is 5.69 Å². The fraction of sp³-hybridized carbons (Fsp3) is 0.167. The Bertz CT molecular complexity index is 1270. The number of benzene rings is 3. The van der Waals surface area contributed by atoms with Crippen LogP contribution in [0.5, 0.6) is 11.5 Å². The summed E-state index contributed by atoms with van der Waals surface area (Å²) in [6.07, 6.45) is 0. The van der Waals surface area contributed by atoms with Gasteiger partial charge in [-0.2, -0.15) is 0 Å². The van der Waals surface area contributed by atoms with Crippen molar-refractivity contribution in [1.82, 2.24) is 0 Å². The van der Waals surface area contributed by atoms with E-state index in [1.807, 2.05) is 6.07 Å². The summed E-state index contributed by atoms with van der Waals surface area (Å²) in [5.41, 5.74) is 1.01. The lowest BCUT2D eigenvalue weighted by Gasteiger charge is -2.22. The number of carbonyl (C=O) groups excluding carboxylic acids is 2. The zero-order valence-corrected chi connectivity index (χ0v) is 18.6. The SMILES string of the molecule is CCN(c1ccccc1)S(=O)(=O)c1ccc(C(=O)OCC(=O)c2ccc3c(c2)OCO3)cc1. The zero-order chi connectivity index (χ0) is 23.4. The van der Waals surface area contributed by atoms with Crippen LogP contribution in [0.25, 0.3) is 0 Å². The van der Waals surface area contributed by atoms with Crippen molar-refractivity contribution in [3.8, 4) is 11.5 Å². The van der Waals surface area contributed by atoms with Crippen molar-refractivity contribution in [2.75, 3.05) is 24.2 Å². The second kappa shape index (κ2) is 9.33. The Kier molecular flexibility index (Phi) is 6.32. The van der Waals surface area contributed by atoms with Crippen LogP contribution in [0, 0.1) is 0 Å². The summed E-state index contributed by atoms with van der Waals surface area (Å²) in [5.74, 6) is -0.126. The molecule has 170 valence electrons. The van der Waals surface area contributed by atoms with Crippen molar-refractivity contribution < 1.29 is 32.2 Å². The standard InChI is InChI=1S/C24H21NO7S/c1-2-25(19-6-4-3-5-7-19)33(28,29)20-11-8-17(9-12-20)24(27)30-15-21(26)18-10-13-22-23(14-18)32-16-31-22/h3-14H,2,15-16H2,1H3. The fourth-order valence-electron chi connectivity index (χ4n) is 3.34. The van der Waals surface area contributed by atoms with Crippen LogP contribution in [0.1, 0.15) is 27.6 Å². The molecule has 0 atom stereocenters. The fourth-order valence-corrected chi connectivity index (χ4v) is 4.82. The van der Waals surface area contributed by atoms with Crippen LogP contribution in [-0.4, -0.2) is 40.1 Å². The molecule has 0 saturated carbocycles. The lowest BCUT2D eigenvalue weighted by atomic mass is 10.1. The zero-order valence-electron chi connectivity index (χ0n) is 17.8. The van der Waals surface area contributed by atoms with Gasteiger partial charge in [0.1, 0.15) is 0 Å². The van der Waals surface area contributed by atoms with Crippen LogP contribution >= 0.6 is 0 Å². The van der Waals surface area contributed by atoms with Gasteiger partial charge < -0.3 is 14.2 Å². The lowest BCUT2D eigenvalue weighted by Crippen LogP contribution is -2.30. The van der Waals surface area contributed by atoms with Crippen molar-refractivity contribution in [3.05, 3.63) is 83.9 Å². The van der Waals surface area contributed by atoms with Crippen LogP contribution < -0.4 is 13.8 Å². The van der Waals surface area contributed by atoms with E-state index in [9.17, 15) is 18.0 Å². The number of rotatable bonds is 8. The highest BCUT2D eigenvalue weighted by atomic mass is 32.2. The van der Waals surface area contributed by atoms with Gasteiger partial charge in [0.15, 0.2) is 23.9 Å². The molecule has 1 aliphatic heterocycles. The average molecular weight is 467 g/mol. The minimum Gasteiger partial charge on any atom is -0.454 e. The van der Waals surface area contributed by atoms with Gasteiger partial charge >= 0.3 is 5.97 Å². The Morgan fingerprint density at radius 2 is 1.58 bits per heavy atom. The first-order valence-electron chi connectivity index (χ1n) is 10.2. The number of Topliss-reactive ketones (excluding diaryl/α,β-unsaturated/α-hetero) is 1. The molecule has 0 aromatic heterocycles. The maximum absolute atomic E-state index is 13.0. The van der Waals surface area contributed by atoms with Crippen molar-refractivity contribution in [3.63, 3.8) is 0 Å². The largest absolute Gasteiger partial charge is 0.454 e. The quantitative estimate of drug-likeness (QED) is 0.368. The Hall–Kier alpha value is -3.85. The predicted octanol–water partition coefficient (Wildman–Crippen LogP) is 3.67. The molecule has 4 rings (SSSR count). The number of ketones is 1. The van der Waals surface area contributed by atoms with Crippen molar-refractivity contribution in [1.29, 1.82) is 0 Å². The maximum Gasteiger partial charge on any atom is 0.338 e. The number of para-hydroxylation sites is 1. The lowest BCUT2D eigenvalue weighted by molar-refractivity contribution is 0.0474. The smallest absolute Gasteiger partial charge is 0.338 e. The van der Waals surface area contributed by atoms with E-state index >= 15 is 0 Å². The predicted molar refractivity (Wildman–Crippen MR) is 120 cm³/mol. The molecule has 33 heavy (non-hydrogen) atoms. The van der Waals surface area contributed by atoms with Gasteiger partial charge in [-0.05, 0) is 61.5 Å². The second-order valence-electron chi connectivity index (χ2n) is 7.10. The number of fused-ring (bicyclic) bond motifs is 1. The minimum atomic E-state index is -3.81. The summed E-state index contributed by atoms with van der Waals surface area (Å²) < 4.78 is 42.9. The van der Waals surface area contributed by atoms with Gasteiger partial charge in [0.05, 0.1) is 16.1 Å². The molecule has 0 radical (unpaired) electrons. The van der Waals surface area contributed by atoms with E-state index in [1.54, 1.807) is 43.3 Å². The number of esters is 1. The molecule has 3 aromatic rings. The van der Waals surface area contributed by atoms with Crippen LogP contribution in [0.15, 0.2) is 77.7 Å². The monoisotopic (exact) mass is 467 g/mol. The van der Waals surface area contributed by atoms with Crippen LogP contribution in [0.2, 0.25) is 0 Å². The van der Waals surface area contributed by atoms with Gasteiger partial charge in [0, 0.05) is 12.1 Å². The molecular formula is C24H21NO7S. The van der Waals surface area contributed by atoms with Gasteiger partial charge in [0.2, 0.25) is 6.79 Å². The molecule has 0 unspecified atom stereocenters. The molecule has 1 heterocycles. The third-order valence-corrected chi connectivity index (χ3v) is 6.96. The number of carbonyl (C=O) groups is 2. The number of nitrogens with zero attached hydrogens (tertiary/aromatic N) is 1. The summed E-state index contributed by atoms with van der Waals surface area (Å²) >= 11 is 0. The topological polar surface area (TPSA) is 99.2 Å². The van der Waals surface area contributed by atoms with E-state index in [4.69, 9.17) is 14.2 Å². The van der Waals surface area contributed by atoms with Crippen molar-refractivity contribution in [2.45, 2.75) is 11.8 Å². The van der Waals surface area contributed by atoms with Crippen molar-refractivity contribution in [2.24, 2.45) is 0 Å². The molecule has 0 aliphatic carbocycles. The summed E-state index contributed by atoms with van der Waals surface area (Å²) in [7, 11) is -3.81. The number of anilines is 1. The molecule has 0 fully saturated rings. The number of hydrogen-bond acceptors (Lipinski definition) is 7.